The first-order chi connectivity index (χ1) is 10.6. The average Bonchev–Trinajstić information content (AvgIpc) is 2.52. The van der Waals surface area contributed by atoms with Crippen LogP contribution in [-0.2, 0) is 4.79 Å². The number of halogens is 2. The van der Waals surface area contributed by atoms with Crippen LogP contribution in [0.5, 0.6) is 0 Å². The zero-order chi connectivity index (χ0) is 15.9. The van der Waals surface area contributed by atoms with Gasteiger partial charge >= 0.3 is 0 Å². The van der Waals surface area contributed by atoms with Gasteiger partial charge in [0.2, 0.25) is 0 Å². The van der Waals surface area contributed by atoms with E-state index >= 15 is 0 Å². The maximum absolute atomic E-state index is 11.8. The SMILES string of the molecule is O=C(/C=C/c1ccccc1Cl)NNC(=O)c1ccccc1Cl. The summed E-state index contributed by atoms with van der Waals surface area (Å²) in [5.41, 5.74) is 5.54. The minimum atomic E-state index is -0.495. The molecule has 0 aromatic heterocycles. The van der Waals surface area contributed by atoms with Crippen LogP contribution in [0.15, 0.2) is 54.6 Å². The first-order valence-corrected chi connectivity index (χ1v) is 7.11. The van der Waals surface area contributed by atoms with Gasteiger partial charge in [0.25, 0.3) is 11.8 Å². The van der Waals surface area contributed by atoms with Crippen LogP contribution < -0.4 is 10.9 Å². The Morgan fingerprint density at radius 3 is 2.18 bits per heavy atom. The zero-order valence-electron chi connectivity index (χ0n) is 11.3. The molecule has 2 aromatic carbocycles. The molecule has 2 aromatic rings. The molecule has 0 saturated carbocycles. The van der Waals surface area contributed by atoms with Crippen LogP contribution in [0.1, 0.15) is 15.9 Å². The Morgan fingerprint density at radius 1 is 0.864 bits per heavy atom. The molecule has 0 bridgehead atoms. The van der Waals surface area contributed by atoms with Crippen LogP contribution in [0.2, 0.25) is 10.0 Å². The predicted molar refractivity (Wildman–Crippen MR) is 87.5 cm³/mol. The third-order valence-corrected chi connectivity index (χ3v) is 3.41. The second-order valence-electron chi connectivity index (χ2n) is 4.28. The molecule has 22 heavy (non-hydrogen) atoms. The number of benzene rings is 2. The second kappa shape index (κ2) is 7.64. The molecule has 4 nitrogen and oxygen atoms in total. The lowest BCUT2D eigenvalue weighted by Crippen LogP contribution is -2.40. The quantitative estimate of drug-likeness (QED) is 0.667. The lowest BCUT2D eigenvalue weighted by atomic mass is 10.2. The molecule has 2 rings (SSSR count). The number of carbonyl (C=O) groups is 2. The Labute approximate surface area is 137 Å². The average molecular weight is 335 g/mol. The molecule has 0 aliphatic rings. The largest absolute Gasteiger partial charge is 0.271 e. The van der Waals surface area contributed by atoms with Gasteiger partial charge in [-0.2, -0.15) is 0 Å². The van der Waals surface area contributed by atoms with Crippen molar-refractivity contribution in [1.29, 1.82) is 0 Å². The number of hydrogen-bond acceptors (Lipinski definition) is 2. The summed E-state index contributed by atoms with van der Waals surface area (Å²) in [7, 11) is 0. The Morgan fingerprint density at radius 2 is 1.50 bits per heavy atom. The van der Waals surface area contributed by atoms with E-state index in [-0.39, 0.29) is 5.56 Å². The van der Waals surface area contributed by atoms with Gasteiger partial charge in [0, 0.05) is 11.1 Å². The highest BCUT2D eigenvalue weighted by molar-refractivity contribution is 6.33. The van der Waals surface area contributed by atoms with E-state index < -0.39 is 11.8 Å². The standard InChI is InChI=1S/C16H12Cl2N2O2/c17-13-7-3-1-5-11(13)9-10-15(21)19-20-16(22)12-6-2-4-8-14(12)18/h1-10H,(H,19,21)(H,20,22)/b10-9+. The highest BCUT2D eigenvalue weighted by Crippen LogP contribution is 2.16. The molecule has 0 atom stereocenters. The predicted octanol–water partition coefficient (Wildman–Crippen LogP) is 3.47. The summed E-state index contributed by atoms with van der Waals surface area (Å²) >= 11 is 11.9. The Balaban J connectivity index is 1.92. The molecule has 0 unspecified atom stereocenters. The molecule has 2 N–H and O–H groups in total. The van der Waals surface area contributed by atoms with Crippen molar-refractivity contribution in [2.24, 2.45) is 0 Å². The molecule has 0 aliphatic carbocycles. The second-order valence-corrected chi connectivity index (χ2v) is 5.09. The van der Waals surface area contributed by atoms with E-state index in [0.717, 1.165) is 0 Å². The Hall–Kier alpha value is -2.30. The monoisotopic (exact) mass is 334 g/mol. The van der Waals surface area contributed by atoms with E-state index in [9.17, 15) is 9.59 Å². The van der Waals surface area contributed by atoms with Gasteiger partial charge in [-0.3, -0.25) is 20.4 Å². The molecular weight excluding hydrogens is 323 g/mol. The fourth-order valence-electron chi connectivity index (χ4n) is 1.65. The molecule has 0 spiro atoms. The van der Waals surface area contributed by atoms with Crippen LogP contribution in [0.25, 0.3) is 6.08 Å². The zero-order valence-corrected chi connectivity index (χ0v) is 12.9. The van der Waals surface area contributed by atoms with Gasteiger partial charge < -0.3 is 0 Å². The maximum Gasteiger partial charge on any atom is 0.271 e. The minimum absolute atomic E-state index is 0.277. The van der Waals surface area contributed by atoms with Crippen LogP contribution >= 0.6 is 23.2 Å². The molecule has 6 heteroatoms. The number of amides is 2. The van der Waals surface area contributed by atoms with Crippen LogP contribution in [0, 0.1) is 0 Å². The van der Waals surface area contributed by atoms with Crippen LogP contribution in [-0.4, -0.2) is 11.8 Å². The molecule has 0 heterocycles. The lowest BCUT2D eigenvalue weighted by molar-refractivity contribution is -0.117. The van der Waals surface area contributed by atoms with Crippen molar-refractivity contribution in [2.75, 3.05) is 0 Å². The van der Waals surface area contributed by atoms with Gasteiger partial charge in [-0.1, -0.05) is 53.5 Å². The third-order valence-electron chi connectivity index (χ3n) is 2.74. The summed E-state index contributed by atoms with van der Waals surface area (Å²) < 4.78 is 0. The summed E-state index contributed by atoms with van der Waals surface area (Å²) in [4.78, 5) is 23.5. The van der Waals surface area contributed by atoms with E-state index in [1.54, 1.807) is 48.5 Å². The molecular formula is C16H12Cl2N2O2. The van der Waals surface area contributed by atoms with Gasteiger partial charge in [-0.25, -0.2) is 0 Å². The summed E-state index contributed by atoms with van der Waals surface area (Å²) in [6, 6.07) is 13.6. The van der Waals surface area contributed by atoms with Gasteiger partial charge in [0.15, 0.2) is 0 Å². The normalized spacial score (nSPS) is 10.5. The van der Waals surface area contributed by atoms with Gasteiger partial charge in [0.05, 0.1) is 10.6 Å². The van der Waals surface area contributed by atoms with Crippen molar-refractivity contribution < 1.29 is 9.59 Å². The van der Waals surface area contributed by atoms with Gasteiger partial charge in [0.1, 0.15) is 0 Å². The van der Waals surface area contributed by atoms with Crippen molar-refractivity contribution >= 4 is 41.1 Å². The van der Waals surface area contributed by atoms with Crippen molar-refractivity contribution in [3.63, 3.8) is 0 Å². The first kappa shape index (κ1) is 16.1. The van der Waals surface area contributed by atoms with Crippen molar-refractivity contribution in [3.8, 4) is 0 Å². The van der Waals surface area contributed by atoms with E-state index in [4.69, 9.17) is 23.2 Å². The van der Waals surface area contributed by atoms with E-state index in [0.29, 0.717) is 15.6 Å². The number of hydrazine groups is 1. The summed E-state index contributed by atoms with van der Waals surface area (Å²) in [6.45, 7) is 0. The molecule has 0 radical (unpaired) electrons. The van der Waals surface area contributed by atoms with Crippen LogP contribution in [0.4, 0.5) is 0 Å². The number of hydrogen-bond donors (Lipinski definition) is 2. The fourth-order valence-corrected chi connectivity index (χ4v) is 2.07. The lowest BCUT2D eigenvalue weighted by Gasteiger charge is -2.06. The van der Waals surface area contributed by atoms with E-state index in [1.165, 1.54) is 6.08 Å². The highest BCUT2D eigenvalue weighted by atomic mass is 35.5. The highest BCUT2D eigenvalue weighted by Gasteiger charge is 2.09. The number of rotatable bonds is 3. The molecule has 0 fully saturated rings. The Kier molecular flexibility index (Phi) is 5.58. The number of carbonyl (C=O) groups excluding carboxylic acids is 2. The smallest absolute Gasteiger partial charge is 0.268 e. The first-order valence-electron chi connectivity index (χ1n) is 6.35. The third kappa shape index (κ3) is 4.35. The molecule has 0 saturated heterocycles. The van der Waals surface area contributed by atoms with Crippen molar-refractivity contribution in [3.05, 3.63) is 75.8 Å². The summed E-state index contributed by atoms with van der Waals surface area (Å²) in [5.74, 6) is -0.981. The minimum Gasteiger partial charge on any atom is -0.268 e. The number of nitrogens with one attached hydrogen (secondary N) is 2. The van der Waals surface area contributed by atoms with E-state index in [2.05, 4.69) is 10.9 Å². The topological polar surface area (TPSA) is 58.2 Å². The van der Waals surface area contributed by atoms with Crippen LogP contribution in [0.3, 0.4) is 0 Å². The fraction of sp³-hybridized carbons (Fsp3) is 0. The molecule has 112 valence electrons. The van der Waals surface area contributed by atoms with Crippen molar-refractivity contribution in [2.45, 2.75) is 0 Å². The van der Waals surface area contributed by atoms with Gasteiger partial charge in [-0.15, -0.1) is 0 Å². The maximum atomic E-state index is 11.8. The Bertz CT molecular complexity index is 730. The summed E-state index contributed by atoms with van der Waals surface area (Å²) in [6.07, 6.45) is 2.83. The molecule has 0 aliphatic heterocycles. The van der Waals surface area contributed by atoms with Gasteiger partial charge in [-0.05, 0) is 29.8 Å². The summed E-state index contributed by atoms with van der Waals surface area (Å²) in [5, 5.41) is 0.840. The van der Waals surface area contributed by atoms with E-state index in [1.807, 2.05) is 6.07 Å². The van der Waals surface area contributed by atoms with Crippen molar-refractivity contribution in [1.82, 2.24) is 10.9 Å². The molecule has 2 amide bonds.